The van der Waals surface area contributed by atoms with Crippen LogP contribution in [-0.2, 0) is 0 Å². The third-order valence-electron chi connectivity index (χ3n) is 2.99. The first-order valence-corrected chi connectivity index (χ1v) is 5.81. The fourth-order valence-electron chi connectivity index (χ4n) is 1.93. The molecule has 0 aliphatic heterocycles. The molecule has 0 aliphatic rings. The fourth-order valence-corrected chi connectivity index (χ4v) is 1.93. The van der Waals surface area contributed by atoms with Crippen molar-refractivity contribution in [1.29, 1.82) is 0 Å². The second-order valence-electron chi connectivity index (χ2n) is 4.58. The zero-order chi connectivity index (χ0) is 13.3. The van der Waals surface area contributed by atoms with E-state index in [1.54, 1.807) is 0 Å². The highest BCUT2D eigenvalue weighted by atomic mass is 16.4. The van der Waals surface area contributed by atoms with Gasteiger partial charge in [0, 0.05) is 6.20 Å². The molecule has 0 spiro atoms. The number of aromatic amines is 1. The van der Waals surface area contributed by atoms with Crippen LogP contribution in [0.1, 0.15) is 35.7 Å². The SMILES string of the molecule is CC(C)c1ccc(-c2[nH]cc(N)c2C(=O)O)cc1. The third kappa shape index (κ3) is 2.09. The summed E-state index contributed by atoms with van der Waals surface area (Å²) in [6.45, 7) is 4.23. The van der Waals surface area contributed by atoms with Crippen molar-refractivity contribution in [3.05, 3.63) is 41.6 Å². The second kappa shape index (κ2) is 4.56. The molecule has 0 radical (unpaired) electrons. The van der Waals surface area contributed by atoms with E-state index in [1.807, 2.05) is 24.3 Å². The smallest absolute Gasteiger partial charge is 0.340 e. The van der Waals surface area contributed by atoms with Gasteiger partial charge in [-0.25, -0.2) is 4.79 Å². The average molecular weight is 244 g/mol. The Morgan fingerprint density at radius 2 is 1.89 bits per heavy atom. The molecule has 0 bridgehead atoms. The number of hydrogen-bond donors (Lipinski definition) is 3. The van der Waals surface area contributed by atoms with E-state index >= 15 is 0 Å². The van der Waals surface area contributed by atoms with E-state index in [4.69, 9.17) is 10.8 Å². The van der Waals surface area contributed by atoms with Crippen LogP contribution < -0.4 is 5.73 Å². The number of anilines is 1. The number of nitrogens with two attached hydrogens (primary N) is 1. The molecule has 0 amide bonds. The number of rotatable bonds is 3. The van der Waals surface area contributed by atoms with Gasteiger partial charge in [0.05, 0.1) is 11.4 Å². The number of carboxylic acids is 1. The highest BCUT2D eigenvalue weighted by Gasteiger charge is 2.17. The van der Waals surface area contributed by atoms with Gasteiger partial charge in [-0.2, -0.15) is 0 Å². The van der Waals surface area contributed by atoms with Crippen LogP contribution in [0.15, 0.2) is 30.5 Å². The molecule has 0 saturated carbocycles. The van der Waals surface area contributed by atoms with Crippen LogP contribution >= 0.6 is 0 Å². The summed E-state index contributed by atoms with van der Waals surface area (Å²) in [6.07, 6.45) is 1.51. The Bertz CT molecular complexity index is 568. The second-order valence-corrected chi connectivity index (χ2v) is 4.58. The number of benzene rings is 1. The summed E-state index contributed by atoms with van der Waals surface area (Å²) >= 11 is 0. The molecule has 0 fully saturated rings. The van der Waals surface area contributed by atoms with E-state index in [0.717, 1.165) is 5.56 Å². The monoisotopic (exact) mass is 244 g/mol. The first-order valence-electron chi connectivity index (χ1n) is 5.81. The van der Waals surface area contributed by atoms with E-state index in [-0.39, 0.29) is 11.3 Å². The molecule has 1 heterocycles. The molecule has 4 heteroatoms. The zero-order valence-corrected chi connectivity index (χ0v) is 10.4. The van der Waals surface area contributed by atoms with Crippen LogP contribution in [-0.4, -0.2) is 16.1 Å². The normalized spacial score (nSPS) is 10.8. The minimum Gasteiger partial charge on any atom is -0.478 e. The lowest BCUT2D eigenvalue weighted by atomic mass is 10.00. The van der Waals surface area contributed by atoms with Crippen molar-refractivity contribution in [3.63, 3.8) is 0 Å². The fraction of sp³-hybridized carbons (Fsp3) is 0.214. The van der Waals surface area contributed by atoms with Gasteiger partial charge < -0.3 is 15.8 Å². The van der Waals surface area contributed by atoms with Crippen LogP contribution in [0.25, 0.3) is 11.3 Å². The van der Waals surface area contributed by atoms with Crippen molar-refractivity contribution in [2.45, 2.75) is 19.8 Å². The van der Waals surface area contributed by atoms with E-state index < -0.39 is 5.97 Å². The van der Waals surface area contributed by atoms with Crippen LogP contribution in [0.2, 0.25) is 0 Å². The summed E-state index contributed by atoms with van der Waals surface area (Å²) in [5, 5.41) is 9.14. The van der Waals surface area contributed by atoms with Crippen LogP contribution in [0, 0.1) is 0 Å². The number of aromatic nitrogens is 1. The van der Waals surface area contributed by atoms with Gasteiger partial charge in [0.2, 0.25) is 0 Å². The van der Waals surface area contributed by atoms with Gasteiger partial charge in [-0.15, -0.1) is 0 Å². The van der Waals surface area contributed by atoms with Crippen LogP contribution in [0.3, 0.4) is 0 Å². The van der Waals surface area contributed by atoms with Gasteiger partial charge in [-0.1, -0.05) is 38.1 Å². The Morgan fingerprint density at radius 3 is 2.39 bits per heavy atom. The molecular weight excluding hydrogens is 228 g/mol. The van der Waals surface area contributed by atoms with Crippen molar-refractivity contribution in [1.82, 2.24) is 4.98 Å². The Balaban J connectivity index is 2.46. The molecule has 0 atom stereocenters. The maximum Gasteiger partial charge on any atom is 0.340 e. The largest absolute Gasteiger partial charge is 0.478 e. The molecule has 1 aromatic carbocycles. The van der Waals surface area contributed by atoms with Gasteiger partial charge in [0.1, 0.15) is 5.56 Å². The number of H-pyrrole nitrogens is 1. The number of nitrogens with one attached hydrogen (secondary N) is 1. The molecule has 0 saturated heterocycles. The summed E-state index contributed by atoms with van der Waals surface area (Å²) in [5.74, 6) is -0.566. The van der Waals surface area contributed by atoms with E-state index in [1.165, 1.54) is 11.8 Å². The third-order valence-corrected chi connectivity index (χ3v) is 2.99. The number of carboxylic acid groups (broad SMARTS) is 1. The summed E-state index contributed by atoms with van der Waals surface area (Å²) in [6, 6.07) is 7.82. The molecule has 94 valence electrons. The van der Waals surface area contributed by atoms with Crippen LogP contribution in [0.5, 0.6) is 0 Å². The summed E-state index contributed by atoms with van der Waals surface area (Å²) in [5.41, 5.74) is 8.63. The quantitative estimate of drug-likeness (QED) is 0.776. The van der Waals surface area contributed by atoms with Gasteiger partial charge in [0.15, 0.2) is 0 Å². The van der Waals surface area contributed by atoms with E-state index in [2.05, 4.69) is 18.8 Å². The molecule has 4 nitrogen and oxygen atoms in total. The summed E-state index contributed by atoms with van der Waals surface area (Å²) in [4.78, 5) is 14.1. The lowest BCUT2D eigenvalue weighted by Gasteiger charge is -2.07. The zero-order valence-electron chi connectivity index (χ0n) is 10.4. The number of hydrogen-bond acceptors (Lipinski definition) is 2. The lowest BCUT2D eigenvalue weighted by Crippen LogP contribution is -2.01. The van der Waals surface area contributed by atoms with Crippen LogP contribution in [0.4, 0.5) is 5.69 Å². The molecular formula is C14H16N2O2. The van der Waals surface area contributed by atoms with Gasteiger partial charge in [-0.3, -0.25) is 0 Å². The number of nitrogen functional groups attached to an aromatic ring is 1. The topological polar surface area (TPSA) is 79.1 Å². The predicted octanol–water partition coefficient (Wildman–Crippen LogP) is 3.09. The maximum atomic E-state index is 11.2. The Morgan fingerprint density at radius 1 is 1.28 bits per heavy atom. The molecule has 0 unspecified atom stereocenters. The number of carbonyl (C=O) groups is 1. The van der Waals surface area contributed by atoms with Gasteiger partial charge in [-0.05, 0) is 17.0 Å². The van der Waals surface area contributed by atoms with Crippen molar-refractivity contribution in [3.8, 4) is 11.3 Å². The number of aromatic carboxylic acids is 1. The average Bonchev–Trinajstić information content (AvgIpc) is 2.71. The standard InChI is InChI=1S/C14H16N2O2/c1-8(2)9-3-5-10(6-4-9)13-12(14(17)18)11(15)7-16-13/h3-8,16H,15H2,1-2H3,(H,17,18). The van der Waals surface area contributed by atoms with Crippen molar-refractivity contribution >= 4 is 11.7 Å². The highest BCUT2D eigenvalue weighted by molar-refractivity contribution is 6.00. The van der Waals surface area contributed by atoms with E-state index in [0.29, 0.717) is 11.6 Å². The molecule has 0 aliphatic carbocycles. The molecule has 1 aromatic heterocycles. The van der Waals surface area contributed by atoms with Crippen molar-refractivity contribution < 1.29 is 9.90 Å². The van der Waals surface area contributed by atoms with Crippen molar-refractivity contribution in [2.75, 3.05) is 5.73 Å². The van der Waals surface area contributed by atoms with E-state index in [9.17, 15) is 4.79 Å². The van der Waals surface area contributed by atoms with Crippen molar-refractivity contribution in [2.24, 2.45) is 0 Å². The Hall–Kier alpha value is -2.23. The summed E-state index contributed by atoms with van der Waals surface area (Å²) in [7, 11) is 0. The first-order chi connectivity index (χ1) is 8.50. The van der Waals surface area contributed by atoms with Gasteiger partial charge in [0.25, 0.3) is 0 Å². The predicted molar refractivity (Wildman–Crippen MR) is 71.7 cm³/mol. The maximum absolute atomic E-state index is 11.2. The first kappa shape index (κ1) is 12.2. The Labute approximate surface area is 105 Å². The summed E-state index contributed by atoms with van der Waals surface area (Å²) < 4.78 is 0. The lowest BCUT2D eigenvalue weighted by molar-refractivity contribution is 0.0699. The molecule has 2 rings (SSSR count). The Kier molecular flexibility index (Phi) is 3.10. The van der Waals surface area contributed by atoms with Gasteiger partial charge >= 0.3 is 5.97 Å². The molecule has 18 heavy (non-hydrogen) atoms. The molecule has 4 N–H and O–H groups in total. The minimum absolute atomic E-state index is 0.132. The molecule has 2 aromatic rings. The highest BCUT2D eigenvalue weighted by Crippen LogP contribution is 2.28. The minimum atomic E-state index is -1.02.